The van der Waals surface area contributed by atoms with Crippen LogP contribution in [0.2, 0.25) is 0 Å². The predicted octanol–water partition coefficient (Wildman–Crippen LogP) is 6.72. The van der Waals surface area contributed by atoms with Crippen LogP contribution in [0.3, 0.4) is 0 Å². The van der Waals surface area contributed by atoms with Crippen LogP contribution in [0.25, 0.3) is 0 Å². The largest absolute Gasteiger partial charge is 0.493 e. The van der Waals surface area contributed by atoms with Crippen molar-refractivity contribution in [2.45, 2.75) is 71.1 Å². The first-order valence-electron chi connectivity index (χ1n) is 12.1. The molecular formula is C28H39NO3. The van der Waals surface area contributed by atoms with E-state index in [1.54, 1.807) is 12.1 Å². The van der Waals surface area contributed by atoms with E-state index < -0.39 is 0 Å². The van der Waals surface area contributed by atoms with Crippen molar-refractivity contribution < 1.29 is 14.3 Å². The van der Waals surface area contributed by atoms with Crippen molar-refractivity contribution in [1.29, 1.82) is 0 Å². The Morgan fingerprint density at radius 2 is 1.84 bits per heavy atom. The summed E-state index contributed by atoms with van der Waals surface area (Å²) in [4.78, 5) is 14.2. The van der Waals surface area contributed by atoms with Gasteiger partial charge in [0.25, 0.3) is 0 Å². The predicted molar refractivity (Wildman–Crippen MR) is 132 cm³/mol. The van der Waals surface area contributed by atoms with Crippen LogP contribution in [0.15, 0.2) is 42.5 Å². The third kappa shape index (κ3) is 5.65. The number of nitrogens with zero attached hydrogens (tertiary/aromatic N) is 1. The minimum Gasteiger partial charge on any atom is -0.493 e. The first-order valence-corrected chi connectivity index (χ1v) is 12.1. The molecule has 0 radical (unpaired) electrons. The molecule has 2 aromatic rings. The zero-order valence-electron chi connectivity index (χ0n) is 20.4. The molecule has 0 bridgehead atoms. The average molecular weight is 438 g/mol. The molecule has 2 aromatic carbocycles. The lowest BCUT2D eigenvalue weighted by Gasteiger charge is -2.40. The monoisotopic (exact) mass is 437 g/mol. The molecule has 0 amide bonds. The lowest BCUT2D eigenvalue weighted by atomic mass is 9.76. The zero-order valence-corrected chi connectivity index (χ0v) is 20.4. The van der Waals surface area contributed by atoms with Crippen molar-refractivity contribution in [2.24, 2.45) is 0 Å². The molecule has 0 N–H and O–H groups in total. The molecule has 0 saturated carbocycles. The Bertz CT molecular complexity index is 888. The van der Waals surface area contributed by atoms with Crippen molar-refractivity contribution in [2.75, 3.05) is 31.7 Å². The van der Waals surface area contributed by atoms with Gasteiger partial charge in [0.15, 0.2) is 0 Å². The number of fused-ring (bicyclic) bond motifs is 1. The fourth-order valence-corrected chi connectivity index (χ4v) is 4.61. The molecule has 0 aromatic heterocycles. The van der Waals surface area contributed by atoms with Gasteiger partial charge in [0.05, 0.1) is 19.3 Å². The molecular weight excluding hydrogens is 398 g/mol. The molecule has 0 fully saturated rings. The van der Waals surface area contributed by atoms with E-state index >= 15 is 0 Å². The Morgan fingerprint density at radius 1 is 1.09 bits per heavy atom. The van der Waals surface area contributed by atoms with Gasteiger partial charge in [-0.25, -0.2) is 4.79 Å². The Hall–Kier alpha value is -2.49. The fourth-order valence-electron chi connectivity index (χ4n) is 4.61. The maximum absolute atomic E-state index is 11.7. The summed E-state index contributed by atoms with van der Waals surface area (Å²) < 4.78 is 11.0. The number of esters is 1. The van der Waals surface area contributed by atoms with Gasteiger partial charge in [0, 0.05) is 24.7 Å². The van der Waals surface area contributed by atoms with Gasteiger partial charge in [-0.15, -0.1) is 0 Å². The second-order valence-electron chi connectivity index (χ2n) is 9.51. The van der Waals surface area contributed by atoms with Crippen LogP contribution in [-0.4, -0.2) is 32.8 Å². The number of anilines is 1. The molecule has 1 heterocycles. The third-order valence-electron chi connectivity index (χ3n) is 6.83. The van der Waals surface area contributed by atoms with E-state index in [0.29, 0.717) is 18.1 Å². The second-order valence-corrected chi connectivity index (χ2v) is 9.51. The van der Waals surface area contributed by atoms with Crippen LogP contribution in [0.5, 0.6) is 5.75 Å². The summed E-state index contributed by atoms with van der Waals surface area (Å²) in [5.41, 5.74) is 4.95. The van der Waals surface area contributed by atoms with E-state index in [1.165, 1.54) is 49.6 Å². The summed E-state index contributed by atoms with van der Waals surface area (Å²) in [6, 6.07) is 14.3. The van der Waals surface area contributed by atoms with Crippen molar-refractivity contribution in [3.8, 4) is 5.75 Å². The Kier molecular flexibility index (Phi) is 8.22. The number of methoxy groups -OCH3 is 1. The summed E-state index contributed by atoms with van der Waals surface area (Å²) in [5.74, 6) is 0.806. The number of hydrogen-bond acceptors (Lipinski definition) is 4. The van der Waals surface area contributed by atoms with Crippen molar-refractivity contribution in [3.63, 3.8) is 0 Å². The summed E-state index contributed by atoms with van der Waals surface area (Å²) in [6.45, 7) is 12.0. The first kappa shape index (κ1) is 24.2. The van der Waals surface area contributed by atoms with E-state index in [1.807, 2.05) is 12.1 Å². The lowest BCUT2D eigenvalue weighted by molar-refractivity contribution is 0.0600. The maximum atomic E-state index is 11.7. The molecule has 3 rings (SSSR count). The Morgan fingerprint density at radius 3 is 2.50 bits per heavy atom. The lowest BCUT2D eigenvalue weighted by Crippen LogP contribution is -2.37. The van der Waals surface area contributed by atoms with Crippen LogP contribution in [0, 0.1) is 0 Å². The highest BCUT2D eigenvalue weighted by molar-refractivity contribution is 5.89. The highest BCUT2D eigenvalue weighted by Crippen LogP contribution is 2.41. The molecule has 1 aliphatic heterocycles. The van der Waals surface area contributed by atoms with Gasteiger partial charge >= 0.3 is 5.97 Å². The summed E-state index contributed by atoms with van der Waals surface area (Å²) in [6.07, 6.45) is 5.95. The molecule has 0 spiro atoms. The van der Waals surface area contributed by atoms with Gasteiger partial charge in [0.2, 0.25) is 0 Å². The van der Waals surface area contributed by atoms with Gasteiger partial charge < -0.3 is 14.4 Å². The van der Waals surface area contributed by atoms with Crippen LogP contribution in [0.4, 0.5) is 5.69 Å². The molecule has 0 saturated heterocycles. The van der Waals surface area contributed by atoms with Gasteiger partial charge in [-0.05, 0) is 66.6 Å². The first-order chi connectivity index (χ1) is 15.4. The van der Waals surface area contributed by atoms with Gasteiger partial charge in [-0.1, -0.05) is 52.2 Å². The number of ether oxygens (including phenoxy) is 2. The smallest absolute Gasteiger partial charge is 0.337 e. The number of carbonyl (C=O) groups is 1. The van der Waals surface area contributed by atoms with Gasteiger partial charge in [0.1, 0.15) is 5.75 Å². The quantitative estimate of drug-likeness (QED) is 0.305. The summed E-state index contributed by atoms with van der Waals surface area (Å²) in [7, 11) is 1.40. The van der Waals surface area contributed by atoms with Gasteiger partial charge in [-0.3, -0.25) is 0 Å². The SMILES string of the molecule is CCCCCC(COc1ccc(C(=O)OC)cc1)c1ccc2c(c1)C(C)(C)CCN2CC. The highest BCUT2D eigenvalue weighted by Gasteiger charge is 2.31. The minimum absolute atomic E-state index is 0.190. The van der Waals surface area contributed by atoms with E-state index in [-0.39, 0.29) is 11.4 Å². The molecule has 1 aliphatic rings. The van der Waals surface area contributed by atoms with Crippen molar-refractivity contribution in [3.05, 3.63) is 59.2 Å². The molecule has 174 valence electrons. The molecule has 1 atom stereocenters. The van der Waals surface area contributed by atoms with Crippen LogP contribution >= 0.6 is 0 Å². The normalized spacial score (nSPS) is 15.7. The van der Waals surface area contributed by atoms with E-state index in [2.05, 4.69) is 50.8 Å². The number of unbranched alkanes of at least 4 members (excludes halogenated alkanes) is 2. The number of carbonyl (C=O) groups excluding carboxylic acids is 1. The number of hydrogen-bond donors (Lipinski definition) is 0. The standard InChI is InChI=1S/C28H39NO3/c1-6-8-9-10-23(20-32-24-14-11-21(12-15-24)27(30)31-5)22-13-16-26-25(19-22)28(3,4)17-18-29(26)7-2/h11-16,19,23H,6-10,17-18,20H2,1-5H3. The van der Waals surface area contributed by atoms with Crippen molar-refractivity contribution in [1.82, 2.24) is 0 Å². The third-order valence-corrected chi connectivity index (χ3v) is 6.83. The summed E-state index contributed by atoms with van der Waals surface area (Å²) in [5, 5.41) is 0. The fraction of sp³-hybridized carbons (Fsp3) is 0.536. The molecule has 4 nitrogen and oxygen atoms in total. The topological polar surface area (TPSA) is 38.8 Å². The number of rotatable bonds is 10. The van der Waals surface area contributed by atoms with Crippen LogP contribution in [-0.2, 0) is 10.2 Å². The van der Waals surface area contributed by atoms with E-state index in [9.17, 15) is 4.79 Å². The molecule has 1 unspecified atom stereocenters. The van der Waals surface area contributed by atoms with Crippen LogP contribution in [0.1, 0.15) is 87.2 Å². The Labute approximate surface area is 193 Å². The summed E-state index contributed by atoms with van der Waals surface area (Å²) >= 11 is 0. The zero-order chi connectivity index (χ0) is 23.1. The van der Waals surface area contributed by atoms with Gasteiger partial charge in [-0.2, -0.15) is 0 Å². The van der Waals surface area contributed by atoms with Crippen molar-refractivity contribution >= 4 is 11.7 Å². The average Bonchev–Trinajstić information content (AvgIpc) is 2.81. The van der Waals surface area contributed by atoms with E-state index in [0.717, 1.165) is 25.3 Å². The number of benzene rings is 2. The molecule has 4 heteroatoms. The van der Waals surface area contributed by atoms with E-state index in [4.69, 9.17) is 9.47 Å². The highest BCUT2D eigenvalue weighted by atomic mass is 16.5. The molecule has 0 aliphatic carbocycles. The Balaban J connectivity index is 1.80. The second kappa shape index (κ2) is 10.9. The maximum Gasteiger partial charge on any atom is 0.337 e. The minimum atomic E-state index is -0.327. The van der Waals surface area contributed by atoms with Crippen LogP contribution < -0.4 is 9.64 Å². The molecule has 32 heavy (non-hydrogen) atoms.